The van der Waals surface area contributed by atoms with Gasteiger partial charge in [-0.2, -0.15) is 0 Å². The number of benzene rings is 1. The second-order valence-corrected chi connectivity index (χ2v) is 5.25. The number of nitrogens with one attached hydrogen (secondary N) is 1. The smallest absolute Gasteiger partial charge is 0.307 e. The van der Waals surface area contributed by atoms with Gasteiger partial charge < -0.3 is 19.9 Å². The predicted octanol–water partition coefficient (Wildman–Crippen LogP) is 2.40. The predicted molar refractivity (Wildman–Crippen MR) is 75.8 cm³/mol. The Morgan fingerprint density at radius 3 is 2.65 bits per heavy atom. The number of carbonyl (C=O) groups is 1. The molecule has 5 nitrogen and oxygen atoms in total. The molecule has 0 saturated carbocycles. The Balaban J connectivity index is 2.38. The van der Waals surface area contributed by atoms with Crippen LogP contribution in [0.4, 0.5) is 0 Å². The van der Waals surface area contributed by atoms with E-state index in [0.717, 1.165) is 11.1 Å². The van der Waals surface area contributed by atoms with Crippen molar-refractivity contribution in [3.63, 3.8) is 0 Å². The van der Waals surface area contributed by atoms with Gasteiger partial charge in [-0.1, -0.05) is 11.6 Å². The van der Waals surface area contributed by atoms with E-state index < -0.39 is 5.97 Å². The van der Waals surface area contributed by atoms with Gasteiger partial charge in [0.25, 0.3) is 0 Å². The third-order valence-corrected chi connectivity index (χ3v) is 4.21. The van der Waals surface area contributed by atoms with Crippen molar-refractivity contribution in [3.05, 3.63) is 22.2 Å². The largest absolute Gasteiger partial charge is 0.493 e. The molecule has 1 aliphatic rings. The van der Waals surface area contributed by atoms with Gasteiger partial charge in [-0.3, -0.25) is 4.79 Å². The number of aliphatic carboxylic acids is 1. The molecular formula is C14H18ClNO4. The second-order valence-electron chi connectivity index (χ2n) is 4.87. The molecule has 1 aliphatic heterocycles. The number of rotatable bonds is 4. The molecule has 110 valence electrons. The van der Waals surface area contributed by atoms with Gasteiger partial charge in [-0.05, 0) is 30.5 Å². The summed E-state index contributed by atoms with van der Waals surface area (Å²) in [6, 6.07) is 1.83. The Bertz CT molecular complexity index is 532. The molecule has 0 bridgehead atoms. The summed E-state index contributed by atoms with van der Waals surface area (Å²) in [7, 11) is 3.09. The van der Waals surface area contributed by atoms with Crippen molar-refractivity contribution in [3.8, 4) is 11.5 Å². The normalized spacial score (nSPS) is 21.8. The maximum absolute atomic E-state index is 11.0. The zero-order valence-corrected chi connectivity index (χ0v) is 12.5. The monoisotopic (exact) mass is 299 g/mol. The van der Waals surface area contributed by atoms with E-state index in [1.54, 1.807) is 7.11 Å². The minimum atomic E-state index is -0.774. The lowest BCUT2D eigenvalue weighted by Crippen LogP contribution is -2.17. The van der Waals surface area contributed by atoms with Crippen molar-refractivity contribution in [2.24, 2.45) is 5.92 Å². The van der Waals surface area contributed by atoms with Gasteiger partial charge in [0.15, 0.2) is 11.5 Å². The summed E-state index contributed by atoms with van der Waals surface area (Å²) >= 11 is 6.31. The van der Waals surface area contributed by atoms with E-state index in [-0.39, 0.29) is 12.0 Å². The molecule has 1 heterocycles. The highest BCUT2D eigenvalue weighted by Gasteiger charge is 2.32. The first kappa shape index (κ1) is 14.9. The van der Waals surface area contributed by atoms with E-state index in [2.05, 4.69) is 5.32 Å². The van der Waals surface area contributed by atoms with Crippen LogP contribution >= 0.6 is 11.6 Å². The Labute approximate surface area is 122 Å². The van der Waals surface area contributed by atoms with Crippen molar-refractivity contribution in [1.82, 2.24) is 5.32 Å². The fraction of sp³-hybridized carbons (Fsp3) is 0.500. The zero-order chi connectivity index (χ0) is 14.9. The average molecular weight is 300 g/mol. The molecule has 20 heavy (non-hydrogen) atoms. The highest BCUT2D eigenvalue weighted by molar-refractivity contribution is 6.33. The van der Waals surface area contributed by atoms with Crippen molar-refractivity contribution in [2.75, 3.05) is 20.8 Å². The van der Waals surface area contributed by atoms with E-state index in [1.807, 2.05) is 13.0 Å². The van der Waals surface area contributed by atoms with Crippen molar-refractivity contribution in [1.29, 1.82) is 0 Å². The van der Waals surface area contributed by atoms with Crippen LogP contribution in [0, 0.1) is 12.8 Å². The summed E-state index contributed by atoms with van der Waals surface area (Å²) in [6.07, 6.45) is 0.544. The SMILES string of the molecule is COc1cc(C2CC(C(=O)O)CN2)c(C)c(Cl)c1OC. The van der Waals surface area contributed by atoms with Gasteiger partial charge in [0, 0.05) is 12.6 Å². The molecule has 6 heteroatoms. The number of hydrogen-bond acceptors (Lipinski definition) is 4. The number of ether oxygens (including phenoxy) is 2. The lowest BCUT2D eigenvalue weighted by Gasteiger charge is -2.19. The van der Waals surface area contributed by atoms with Gasteiger partial charge >= 0.3 is 5.97 Å². The third kappa shape index (κ3) is 2.55. The number of methoxy groups -OCH3 is 2. The van der Waals surface area contributed by atoms with Crippen molar-refractivity contribution >= 4 is 17.6 Å². The van der Waals surface area contributed by atoms with Crippen LogP contribution < -0.4 is 14.8 Å². The van der Waals surface area contributed by atoms with E-state index >= 15 is 0 Å². The molecule has 1 fully saturated rings. The van der Waals surface area contributed by atoms with Crippen LogP contribution in [0.3, 0.4) is 0 Å². The van der Waals surface area contributed by atoms with Gasteiger partial charge in [0.05, 0.1) is 25.2 Å². The quantitative estimate of drug-likeness (QED) is 0.893. The maximum atomic E-state index is 11.0. The number of carboxylic acid groups (broad SMARTS) is 1. The minimum Gasteiger partial charge on any atom is -0.493 e. The fourth-order valence-electron chi connectivity index (χ4n) is 2.58. The molecule has 1 saturated heterocycles. The summed E-state index contributed by atoms with van der Waals surface area (Å²) < 4.78 is 10.5. The van der Waals surface area contributed by atoms with Crippen molar-refractivity contribution < 1.29 is 19.4 Å². The topological polar surface area (TPSA) is 67.8 Å². The maximum Gasteiger partial charge on any atom is 0.307 e. The van der Waals surface area contributed by atoms with Crippen LogP contribution in [-0.2, 0) is 4.79 Å². The number of carboxylic acids is 1. The van der Waals surface area contributed by atoms with Crippen LogP contribution in [0.1, 0.15) is 23.6 Å². The number of hydrogen-bond donors (Lipinski definition) is 2. The van der Waals surface area contributed by atoms with Crippen LogP contribution in [0.25, 0.3) is 0 Å². The first-order valence-corrected chi connectivity index (χ1v) is 6.74. The summed E-state index contributed by atoms with van der Waals surface area (Å²) in [6.45, 7) is 2.36. The Hall–Kier alpha value is -1.46. The Morgan fingerprint density at radius 1 is 1.45 bits per heavy atom. The molecule has 0 aliphatic carbocycles. The van der Waals surface area contributed by atoms with E-state index in [1.165, 1.54) is 7.11 Å². The average Bonchev–Trinajstić information content (AvgIpc) is 2.91. The van der Waals surface area contributed by atoms with Gasteiger partial charge in [-0.25, -0.2) is 0 Å². The lowest BCUT2D eigenvalue weighted by molar-refractivity contribution is -0.141. The standard InChI is InChI=1S/C14H18ClNO4/c1-7-9(10-4-8(6-16-10)14(17)18)5-11(19-2)13(20-3)12(7)15/h5,8,10,16H,4,6H2,1-3H3,(H,17,18). The minimum absolute atomic E-state index is 0.0339. The van der Waals surface area contributed by atoms with Gasteiger partial charge in [-0.15, -0.1) is 0 Å². The first-order chi connectivity index (χ1) is 9.49. The molecule has 0 radical (unpaired) electrons. The van der Waals surface area contributed by atoms with Gasteiger partial charge in [0.2, 0.25) is 0 Å². The Morgan fingerprint density at radius 2 is 2.15 bits per heavy atom. The van der Waals surface area contributed by atoms with E-state index in [4.69, 9.17) is 26.2 Å². The molecule has 1 aromatic carbocycles. The third-order valence-electron chi connectivity index (χ3n) is 3.75. The highest BCUT2D eigenvalue weighted by atomic mass is 35.5. The first-order valence-electron chi connectivity index (χ1n) is 6.36. The molecule has 2 unspecified atom stereocenters. The molecule has 0 amide bonds. The molecule has 2 rings (SSSR count). The summed E-state index contributed by atoms with van der Waals surface area (Å²) in [4.78, 5) is 11.0. The summed E-state index contributed by atoms with van der Waals surface area (Å²) in [5.41, 5.74) is 1.84. The van der Waals surface area contributed by atoms with Crippen LogP contribution in [0.5, 0.6) is 11.5 Å². The lowest BCUT2D eigenvalue weighted by atomic mass is 9.96. The number of halogens is 1. The highest BCUT2D eigenvalue weighted by Crippen LogP contribution is 2.42. The molecule has 1 aromatic rings. The van der Waals surface area contributed by atoms with Crippen LogP contribution in [-0.4, -0.2) is 31.8 Å². The van der Waals surface area contributed by atoms with Crippen LogP contribution in [0.2, 0.25) is 5.02 Å². The molecule has 2 atom stereocenters. The summed E-state index contributed by atoms with van der Waals surface area (Å²) in [5, 5.41) is 12.8. The molecular weight excluding hydrogens is 282 g/mol. The summed E-state index contributed by atoms with van der Waals surface area (Å²) in [5.74, 6) is -0.0858. The zero-order valence-electron chi connectivity index (χ0n) is 11.7. The molecule has 2 N–H and O–H groups in total. The Kier molecular flexibility index (Phi) is 4.40. The van der Waals surface area contributed by atoms with E-state index in [0.29, 0.717) is 29.5 Å². The van der Waals surface area contributed by atoms with Gasteiger partial charge in [0.1, 0.15) is 0 Å². The fourth-order valence-corrected chi connectivity index (χ4v) is 2.86. The van der Waals surface area contributed by atoms with Crippen LogP contribution in [0.15, 0.2) is 6.07 Å². The molecule has 0 aromatic heterocycles. The van der Waals surface area contributed by atoms with E-state index in [9.17, 15) is 4.79 Å². The second kappa shape index (κ2) is 5.89. The molecule has 0 spiro atoms. The van der Waals surface area contributed by atoms with Crippen molar-refractivity contribution in [2.45, 2.75) is 19.4 Å².